The summed E-state index contributed by atoms with van der Waals surface area (Å²) in [6.45, 7) is 1.93. The highest BCUT2D eigenvalue weighted by Crippen LogP contribution is 2.36. The largest absolute Gasteiger partial charge is 0.490 e. The van der Waals surface area contributed by atoms with Gasteiger partial charge in [0, 0.05) is 31.8 Å². The summed E-state index contributed by atoms with van der Waals surface area (Å²) in [7, 11) is 0. The molecule has 2 atom stereocenters. The van der Waals surface area contributed by atoms with E-state index in [1.807, 2.05) is 29.2 Å². The Morgan fingerprint density at radius 2 is 2.06 bits per heavy atom. The topological polar surface area (TPSA) is 102 Å². The molecule has 174 valence electrons. The first-order chi connectivity index (χ1) is 15.2. The summed E-state index contributed by atoms with van der Waals surface area (Å²) in [6, 6.07) is 9.26. The zero-order valence-electron chi connectivity index (χ0n) is 17.1. The molecule has 2 aliphatic heterocycles. The number of pyridine rings is 1. The van der Waals surface area contributed by atoms with Crippen molar-refractivity contribution in [2.24, 2.45) is 0 Å². The van der Waals surface area contributed by atoms with E-state index in [9.17, 15) is 18.0 Å². The number of rotatable bonds is 4. The van der Waals surface area contributed by atoms with Crippen LogP contribution in [0.2, 0.25) is 0 Å². The minimum atomic E-state index is -5.08. The number of piperidine rings is 1. The number of aliphatic carboxylic acids is 1. The SMILES string of the molecule is O=C(Cc1ccco1)N1CCC[C@]2(C[C@H](Oc3ccccn3)CO2)C1.O=C(O)C(F)(F)F. The van der Waals surface area contributed by atoms with Crippen LogP contribution in [-0.4, -0.2) is 64.4 Å². The Balaban J connectivity index is 0.000000360. The molecule has 0 aliphatic carbocycles. The van der Waals surface area contributed by atoms with Gasteiger partial charge in [-0.15, -0.1) is 0 Å². The van der Waals surface area contributed by atoms with Gasteiger partial charge in [-0.3, -0.25) is 4.79 Å². The van der Waals surface area contributed by atoms with Gasteiger partial charge in [-0.25, -0.2) is 9.78 Å². The highest BCUT2D eigenvalue weighted by molar-refractivity contribution is 5.78. The van der Waals surface area contributed by atoms with Crippen molar-refractivity contribution in [2.75, 3.05) is 19.7 Å². The summed E-state index contributed by atoms with van der Waals surface area (Å²) in [5, 5.41) is 7.12. The molecule has 0 radical (unpaired) electrons. The van der Waals surface area contributed by atoms with Crippen LogP contribution in [0, 0.1) is 0 Å². The van der Waals surface area contributed by atoms with Crippen molar-refractivity contribution in [2.45, 2.75) is 43.6 Å². The normalized spacial score (nSPS) is 22.8. The van der Waals surface area contributed by atoms with Crippen LogP contribution in [0.15, 0.2) is 47.2 Å². The average molecular weight is 456 g/mol. The lowest BCUT2D eigenvalue weighted by Crippen LogP contribution is -2.50. The van der Waals surface area contributed by atoms with Crippen LogP contribution in [0.5, 0.6) is 5.88 Å². The van der Waals surface area contributed by atoms with Crippen LogP contribution in [0.3, 0.4) is 0 Å². The molecule has 2 fully saturated rings. The first-order valence-corrected chi connectivity index (χ1v) is 9.99. The van der Waals surface area contributed by atoms with Gasteiger partial charge >= 0.3 is 12.1 Å². The molecule has 2 aliphatic rings. The molecule has 2 aromatic heterocycles. The second-order valence-electron chi connectivity index (χ2n) is 7.58. The van der Waals surface area contributed by atoms with Gasteiger partial charge in [-0.1, -0.05) is 6.07 Å². The molecule has 4 rings (SSSR count). The molecule has 11 heteroatoms. The van der Waals surface area contributed by atoms with E-state index in [4.69, 9.17) is 23.8 Å². The lowest BCUT2D eigenvalue weighted by molar-refractivity contribution is -0.192. The second kappa shape index (κ2) is 10.0. The van der Waals surface area contributed by atoms with E-state index >= 15 is 0 Å². The minimum absolute atomic E-state index is 0.0185. The smallest absolute Gasteiger partial charge is 0.475 e. The van der Waals surface area contributed by atoms with Crippen LogP contribution >= 0.6 is 0 Å². The highest BCUT2D eigenvalue weighted by Gasteiger charge is 2.45. The number of carbonyl (C=O) groups excluding carboxylic acids is 1. The molecule has 2 aromatic rings. The van der Waals surface area contributed by atoms with Gasteiger partial charge < -0.3 is 23.9 Å². The third-order valence-corrected chi connectivity index (χ3v) is 5.14. The maximum Gasteiger partial charge on any atom is 0.490 e. The number of hydrogen-bond donors (Lipinski definition) is 1. The molecule has 0 bridgehead atoms. The molecule has 2 saturated heterocycles. The van der Waals surface area contributed by atoms with Gasteiger partial charge in [-0.05, 0) is 31.0 Å². The van der Waals surface area contributed by atoms with Gasteiger partial charge in [0.1, 0.15) is 11.9 Å². The molecule has 1 amide bonds. The fraction of sp³-hybridized carbons (Fsp3) is 0.476. The predicted molar refractivity (Wildman–Crippen MR) is 104 cm³/mol. The van der Waals surface area contributed by atoms with Gasteiger partial charge in [0.15, 0.2) is 0 Å². The molecule has 32 heavy (non-hydrogen) atoms. The van der Waals surface area contributed by atoms with E-state index in [1.54, 1.807) is 18.5 Å². The van der Waals surface area contributed by atoms with Crippen molar-refractivity contribution >= 4 is 11.9 Å². The Morgan fingerprint density at radius 3 is 2.69 bits per heavy atom. The second-order valence-corrected chi connectivity index (χ2v) is 7.58. The molecule has 0 unspecified atom stereocenters. The molecular formula is C21H23F3N2O6. The molecule has 1 spiro atoms. The molecule has 0 saturated carbocycles. The van der Waals surface area contributed by atoms with E-state index in [-0.39, 0.29) is 17.6 Å². The van der Waals surface area contributed by atoms with E-state index in [2.05, 4.69) is 4.98 Å². The predicted octanol–water partition coefficient (Wildman–Crippen LogP) is 3.08. The summed E-state index contributed by atoms with van der Waals surface area (Å²) in [5.41, 5.74) is -0.295. The number of furan rings is 1. The lowest BCUT2D eigenvalue weighted by atomic mass is 9.89. The Kier molecular flexibility index (Phi) is 7.39. The summed E-state index contributed by atoms with van der Waals surface area (Å²) in [4.78, 5) is 27.5. The molecule has 4 heterocycles. The van der Waals surface area contributed by atoms with Gasteiger partial charge in [-0.2, -0.15) is 13.2 Å². The van der Waals surface area contributed by atoms with E-state index < -0.39 is 12.1 Å². The minimum Gasteiger partial charge on any atom is -0.475 e. The number of carbonyl (C=O) groups is 2. The highest BCUT2D eigenvalue weighted by atomic mass is 19.4. The van der Waals surface area contributed by atoms with Crippen LogP contribution in [0.25, 0.3) is 0 Å². The van der Waals surface area contributed by atoms with Crippen LogP contribution < -0.4 is 4.74 Å². The molecule has 1 N–H and O–H groups in total. The van der Waals surface area contributed by atoms with Crippen LogP contribution in [0.4, 0.5) is 13.2 Å². The van der Waals surface area contributed by atoms with E-state index in [0.717, 1.165) is 25.8 Å². The van der Waals surface area contributed by atoms with Crippen molar-refractivity contribution in [3.63, 3.8) is 0 Å². The van der Waals surface area contributed by atoms with Crippen LogP contribution in [0.1, 0.15) is 25.0 Å². The van der Waals surface area contributed by atoms with Crippen LogP contribution in [-0.2, 0) is 20.7 Å². The maximum atomic E-state index is 12.5. The number of aromatic nitrogens is 1. The quantitative estimate of drug-likeness (QED) is 0.754. The number of halogens is 3. The Bertz CT molecular complexity index is 891. The number of amides is 1. The standard InChI is InChI=1S/C19H22N2O4.C2HF3O2/c22-18(11-15-5-3-10-23-15)21-9-4-7-19(14-21)12-16(13-24-19)25-17-6-1-2-8-20-17;3-2(4,5)1(6)7/h1-3,5-6,8,10,16H,4,7,9,11-14H2;(H,6,7)/t16-,19-;/m0./s1. The Hall–Kier alpha value is -3.08. The van der Waals surface area contributed by atoms with Crippen molar-refractivity contribution in [1.29, 1.82) is 0 Å². The lowest BCUT2D eigenvalue weighted by Gasteiger charge is -2.39. The average Bonchev–Trinajstić information content (AvgIpc) is 3.39. The number of carboxylic acid groups (broad SMARTS) is 1. The van der Waals surface area contributed by atoms with Crippen molar-refractivity contribution < 1.29 is 41.8 Å². The first kappa shape index (κ1) is 23.6. The zero-order chi connectivity index (χ0) is 23.2. The van der Waals surface area contributed by atoms with Crippen molar-refractivity contribution in [1.82, 2.24) is 9.88 Å². The monoisotopic (exact) mass is 456 g/mol. The van der Waals surface area contributed by atoms with Gasteiger partial charge in [0.2, 0.25) is 11.8 Å². The number of alkyl halides is 3. The number of likely N-dealkylation sites (tertiary alicyclic amines) is 1. The van der Waals surface area contributed by atoms with Gasteiger partial charge in [0.05, 0.1) is 24.9 Å². The summed E-state index contributed by atoms with van der Waals surface area (Å²) in [5.74, 6) is -1.35. The first-order valence-electron chi connectivity index (χ1n) is 9.99. The third-order valence-electron chi connectivity index (χ3n) is 5.14. The fourth-order valence-electron chi connectivity index (χ4n) is 3.74. The number of hydrogen-bond acceptors (Lipinski definition) is 6. The third kappa shape index (κ3) is 6.46. The number of carboxylic acids is 1. The summed E-state index contributed by atoms with van der Waals surface area (Å²) in [6.07, 6.45) is 1.21. The summed E-state index contributed by atoms with van der Waals surface area (Å²) >= 11 is 0. The molecule has 0 aromatic carbocycles. The van der Waals surface area contributed by atoms with Gasteiger partial charge in [0.25, 0.3) is 0 Å². The molecular weight excluding hydrogens is 433 g/mol. The number of ether oxygens (including phenoxy) is 2. The Labute approximate surface area is 181 Å². The van der Waals surface area contributed by atoms with Crippen molar-refractivity contribution in [3.05, 3.63) is 48.6 Å². The summed E-state index contributed by atoms with van der Waals surface area (Å²) < 4.78 is 49.1. The number of nitrogens with zero attached hydrogens (tertiary/aromatic N) is 2. The molecule has 8 nitrogen and oxygen atoms in total. The maximum absolute atomic E-state index is 12.5. The fourth-order valence-corrected chi connectivity index (χ4v) is 3.74. The van der Waals surface area contributed by atoms with E-state index in [1.165, 1.54) is 0 Å². The van der Waals surface area contributed by atoms with Crippen molar-refractivity contribution in [3.8, 4) is 5.88 Å². The zero-order valence-corrected chi connectivity index (χ0v) is 17.1. The van der Waals surface area contributed by atoms with E-state index in [0.29, 0.717) is 31.2 Å². The Morgan fingerprint density at radius 1 is 1.28 bits per heavy atom.